The molecule has 174 valence electrons. The van der Waals surface area contributed by atoms with E-state index in [1.54, 1.807) is 20.8 Å². The van der Waals surface area contributed by atoms with Crippen LogP contribution in [0.1, 0.15) is 49.8 Å². The van der Waals surface area contributed by atoms with Crippen molar-refractivity contribution in [2.45, 2.75) is 25.7 Å². The van der Waals surface area contributed by atoms with Gasteiger partial charge in [0, 0.05) is 19.7 Å². The van der Waals surface area contributed by atoms with Crippen LogP contribution in [0.5, 0.6) is 0 Å². The second-order valence-corrected chi connectivity index (χ2v) is 9.97. The number of ketones is 1. The third kappa shape index (κ3) is 5.53. The maximum Gasteiger partial charge on any atom is 0.348 e. The number of carbonyl (C=O) groups excluding carboxylic acids is 3. The van der Waals surface area contributed by atoms with E-state index < -0.39 is 22.0 Å². The Kier molecular flexibility index (Phi) is 8.53. The predicted octanol–water partition coefficient (Wildman–Crippen LogP) is 2.96. The molecule has 1 heterocycles. The number of thiophene rings is 1. The monoisotopic (exact) mass is 482 g/mol. The molecule has 0 atom stereocenters. The SMILES string of the molecule is CCOC(=O)c1sc(NCC(=O)c2cccc(S(=O)(=O)N(C)C)c2)c(C(=O)OCC)c1C. The Bertz CT molecular complexity index is 1120. The fourth-order valence-electron chi connectivity index (χ4n) is 2.78. The summed E-state index contributed by atoms with van der Waals surface area (Å²) in [4.78, 5) is 37.7. The number of anilines is 1. The van der Waals surface area contributed by atoms with Gasteiger partial charge in [-0.15, -0.1) is 11.3 Å². The summed E-state index contributed by atoms with van der Waals surface area (Å²) in [7, 11) is -0.881. The number of rotatable bonds is 10. The summed E-state index contributed by atoms with van der Waals surface area (Å²) in [5.74, 6) is -1.58. The number of ether oxygens (including phenoxy) is 2. The van der Waals surface area contributed by atoms with E-state index >= 15 is 0 Å². The molecule has 11 heteroatoms. The number of nitrogens with zero attached hydrogens (tertiary/aromatic N) is 1. The number of hydrogen-bond donors (Lipinski definition) is 1. The number of sulfonamides is 1. The van der Waals surface area contributed by atoms with E-state index in [4.69, 9.17) is 9.47 Å². The van der Waals surface area contributed by atoms with Crippen LogP contribution < -0.4 is 5.32 Å². The van der Waals surface area contributed by atoms with E-state index in [0.717, 1.165) is 15.6 Å². The summed E-state index contributed by atoms with van der Waals surface area (Å²) in [6.07, 6.45) is 0. The van der Waals surface area contributed by atoms with Crippen LogP contribution in [-0.2, 0) is 19.5 Å². The molecular weight excluding hydrogens is 456 g/mol. The summed E-state index contributed by atoms with van der Waals surface area (Å²) >= 11 is 0.996. The highest BCUT2D eigenvalue weighted by Gasteiger charge is 2.27. The van der Waals surface area contributed by atoms with Gasteiger partial charge in [0.25, 0.3) is 0 Å². The van der Waals surface area contributed by atoms with E-state index in [-0.39, 0.29) is 46.4 Å². The van der Waals surface area contributed by atoms with Gasteiger partial charge < -0.3 is 14.8 Å². The highest BCUT2D eigenvalue weighted by molar-refractivity contribution is 7.89. The fraction of sp³-hybridized carbons (Fsp3) is 0.381. The van der Waals surface area contributed by atoms with Crippen LogP contribution in [0.4, 0.5) is 5.00 Å². The summed E-state index contributed by atoms with van der Waals surface area (Å²) in [5, 5.41) is 3.19. The molecule has 0 bridgehead atoms. The van der Waals surface area contributed by atoms with Gasteiger partial charge in [-0.05, 0) is 38.5 Å². The van der Waals surface area contributed by atoms with E-state index in [1.165, 1.54) is 38.4 Å². The number of Topliss-reactive ketones (excluding diaryl/α,β-unsaturated/α-hetero) is 1. The molecule has 32 heavy (non-hydrogen) atoms. The van der Waals surface area contributed by atoms with E-state index in [9.17, 15) is 22.8 Å². The molecule has 0 amide bonds. The van der Waals surface area contributed by atoms with Crippen molar-refractivity contribution in [1.82, 2.24) is 4.31 Å². The summed E-state index contributed by atoms with van der Waals surface area (Å²) in [6, 6.07) is 5.71. The minimum absolute atomic E-state index is 0.00266. The first kappa shape index (κ1) is 25.5. The molecule has 0 aliphatic carbocycles. The fourth-order valence-corrected chi connectivity index (χ4v) is 4.81. The topological polar surface area (TPSA) is 119 Å². The van der Waals surface area contributed by atoms with Crippen molar-refractivity contribution in [3.63, 3.8) is 0 Å². The lowest BCUT2D eigenvalue weighted by Crippen LogP contribution is -2.23. The van der Waals surface area contributed by atoms with Crippen molar-refractivity contribution < 1.29 is 32.3 Å². The molecular formula is C21H26N2O7S2. The Balaban J connectivity index is 2.32. The second kappa shape index (κ2) is 10.7. The lowest BCUT2D eigenvalue weighted by atomic mass is 10.1. The van der Waals surface area contributed by atoms with Crippen molar-refractivity contribution in [3.05, 3.63) is 45.8 Å². The smallest absolute Gasteiger partial charge is 0.348 e. The normalized spacial score (nSPS) is 11.3. The molecule has 1 N–H and O–H groups in total. The van der Waals surface area contributed by atoms with Crippen LogP contribution in [0.25, 0.3) is 0 Å². The van der Waals surface area contributed by atoms with Gasteiger partial charge in [-0.2, -0.15) is 0 Å². The van der Waals surface area contributed by atoms with Gasteiger partial charge in [0.1, 0.15) is 9.88 Å². The predicted molar refractivity (Wildman–Crippen MR) is 121 cm³/mol. The van der Waals surface area contributed by atoms with Crippen molar-refractivity contribution in [2.24, 2.45) is 0 Å². The van der Waals surface area contributed by atoms with E-state index in [2.05, 4.69) is 5.32 Å². The van der Waals surface area contributed by atoms with Crippen LogP contribution in [0.2, 0.25) is 0 Å². The first-order valence-corrected chi connectivity index (χ1v) is 12.1. The van der Waals surface area contributed by atoms with Crippen molar-refractivity contribution in [1.29, 1.82) is 0 Å². The highest BCUT2D eigenvalue weighted by atomic mass is 32.2. The number of nitrogens with one attached hydrogen (secondary N) is 1. The molecule has 0 fully saturated rings. The summed E-state index contributed by atoms with van der Waals surface area (Å²) in [6.45, 7) is 5.05. The Morgan fingerprint density at radius 3 is 2.28 bits per heavy atom. The lowest BCUT2D eigenvalue weighted by Gasteiger charge is -2.12. The van der Waals surface area contributed by atoms with Gasteiger partial charge in [0.2, 0.25) is 10.0 Å². The standard InChI is InChI=1S/C21H26N2O7S2/c1-6-29-20(25)17-13(3)18(21(26)30-7-2)31-19(17)22-12-16(24)14-9-8-10-15(11-14)32(27,28)23(4)5/h8-11,22H,6-7,12H2,1-5H3. The van der Waals surface area contributed by atoms with Crippen molar-refractivity contribution >= 4 is 44.1 Å². The van der Waals surface area contributed by atoms with Gasteiger partial charge in [-0.1, -0.05) is 12.1 Å². The summed E-state index contributed by atoms with van der Waals surface area (Å²) < 4.78 is 35.9. The van der Waals surface area contributed by atoms with E-state index in [1.807, 2.05) is 0 Å². The Morgan fingerprint density at radius 2 is 1.69 bits per heavy atom. The third-order valence-corrected chi connectivity index (χ3v) is 7.47. The van der Waals surface area contributed by atoms with Gasteiger partial charge >= 0.3 is 11.9 Å². The molecule has 0 radical (unpaired) electrons. The van der Waals surface area contributed by atoms with Gasteiger partial charge in [0.15, 0.2) is 5.78 Å². The molecule has 1 aromatic carbocycles. The van der Waals surface area contributed by atoms with E-state index in [0.29, 0.717) is 10.6 Å². The molecule has 0 aliphatic rings. The Labute approximate surface area is 191 Å². The van der Waals surface area contributed by atoms with Gasteiger partial charge in [-0.3, -0.25) is 4.79 Å². The average Bonchev–Trinajstić information content (AvgIpc) is 3.08. The maximum absolute atomic E-state index is 12.7. The van der Waals surface area contributed by atoms with Crippen LogP contribution in [0, 0.1) is 6.92 Å². The first-order valence-electron chi connectivity index (χ1n) is 9.81. The molecule has 9 nitrogen and oxygen atoms in total. The zero-order valence-corrected chi connectivity index (χ0v) is 20.2. The molecule has 2 rings (SSSR count). The van der Waals surface area contributed by atoms with Gasteiger partial charge in [0.05, 0.1) is 30.2 Å². The first-order chi connectivity index (χ1) is 15.0. The number of carbonyl (C=O) groups is 3. The molecule has 0 saturated heterocycles. The molecule has 0 spiro atoms. The molecule has 2 aromatic rings. The van der Waals surface area contributed by atoms with Crippen molar-refractivity contribution in [2.75, 3.05) is 39.2 Å². The Hall–Kier alpha value is -2.76. The molecule has 0 unspecified atom stereocenters. The molecule has 0 saturated carbocycles. The third-order valence-electron chi connectivity index (χ3n) is 4.43. The zero-order chi connectivity index (χ0) is 24.1. The minimum atomic E-state index is -3.69. The van der Waals surface area contributed by atoms with Crippen LogP contribution in [-0.4, -0.2) is 64.3 Å². The Morgan fingerprint density at radius 1 is 1.06 bits per heavy atom. The number of hydrogen-bond acceptors (Lipinski definition) is 9. The molecule has 0 aliphatic heterocycles. The largest absolute Gasteiger partial charge is 0.462 e. The average molecular weight is 483 g/mol. The number of esters is 2. The van der Waals surface area contributed by atoms with Crippen LogP contribution in [0.3, 0.4) is 0 Å². The quantitative estimate of drug-likeness (QED) is 0.406. The van der Waals surface area contributed by atoms with Crippen molar-refractivity contribution in [3.8, 4) is 0 Å². The van der Waals surface area contributed by atoms with Crippen LogP contribution in [0.15, 0.2) is 29.2 Å². The maximum atomic E-state index is 12.7. The minimum Gasteiger partial charge on any atom is -0.462 e. The second-order valence-electron chi connectivity index (χ2n) is 6.79. The van der Waals surface area contributed by atoms with Gasteiger partial charge in [-0.25, -0.2) is 22.3 Å². The zero-order valence-electron chi connectivity index (χ0n) is 18.6. The number of benzene rings is 1. The summed E-state index contributed by atoms with van der Waals surface area (Å²) in [5.41, 5.74) is 0.759. The van der Waals surface area contributed by atoms with Crippen LogP contribution >= 0.6 is 11.3 Å². The highest BCUT2D eigenvalue weighted by Crippen LogP contribution is 2.34. The lowest BCUT2D eigenvalue weighted by molar-refractivity contribution is 0.0527. The molecule has 1 aromatic heterocycles.